The van der Waals surface area contributed by atoms with Crippen molar-refractivity contribution in [2.24, 2.45) is 5.92 Å². The van der Waals surface area contributed by atoms with Crippen molar-refractivity contribution in [2.75, 3.05) is 17.4 Å². The average molecular weight is 481 g/mol. The van der Waals surface area contributed by atoms with E-state index in [1.165, 1.54) is 47.8 Å². The van der Waals surface area contributed by atoms with E-state index in [1.54, 1.807) is 24.3 Å². The molecular weight excluding hydrogens is 455 g/mol. The lowest BCUT2D eigenvalue weighted by molar-refractivity contribution is 0.0943. The predicted molar refractivity (Wildman–Crippen MR) is 127 cm³/mol. The van der Waals surface area contributed by atoms with Crippen molar-refractivity contribution in [2.45, 2.75) is 37.0 Å². The molecule has 0 bridgehead atoms. The van der Waals surface area contributed by atoms with Gasteiger partial charge in [-0.1, -0.05) is 48.5 Å². The molecule has 31 heavy (non-hydrogen) atoms. The van der Waals surface area contributed by atoms with Gasteiger partial charge in [0.2, 0.25) is 0 Å². The number of carbonyl (C=O) groups is 1. The number of carbonyl (C=O) groups excluding carboxylic acids is 1. The first-order valence-corrected chi connectivity index (χ1v) is 12.5. The van der Waals surface area contributed by atoms with Gasteiger partial charge in [-0.15, -0.1) is 6.58 Å². The van der Waals surface area contributed by atoms with Gasteiger partial charge in [0.1, 0.15) is 0 Å². The Hall–Kier alpha value is -2.02. The Morgan fingerprint density at radius 3 is 2.42 bits per heavy atom. The van der Waals surface area contributed by atoms with Crippen molar-refractivity contribution in [3.05, 3.63) is 70.7 Å². The molecular formula is C23H26Cl2N2O3S. The molecule has 0 saturated heterocycles. The maximum atomic E-state index is 13.4. The van der Waals surface area contributed by atoms with Gasteiger partial charge in [-0.2, -0.15) is 0 Å². The van der Waals surface area contributed by atoms with Gasteiger partial charge in [0.25, 0.3) is 15.9 Å². The van der Waals surface area contributed by atoms with Crippen LogP contribution in [0.15, 0.2) is 60.0 Å². The zero-order chi connectivity index (χ0) is 22.4. The van der Waals surface area contributed by atoms with Crippen molar-refractivity contribution in [3.8, 4) is 0 Å². The van der Waals surface area contributed by atoms with Crippen molar-refractivity contribution in [3.63, 3.8) is 0 Å². The Morgan fingerprint density at radius 2 is 1.77 bits per heavy atom. The number of sulfonamides is 1. The molecule has 1 N–H and O–H groups in total. The average Bonchev–Trinajstić information content (AvgIpc) is 2.77. The second-order valence-electron chi connectivity index (χ2n) is 7.66. The third-order valence-corrected chi connectivity index (χ3v) is 7.83. The van der Waals surface area contributed by atoms with E-state index < -0.39 is 10.0 Å². The SMILES string of the molecule is C=CCN(c1ccc(Cl)cc1)S(=O)(=O)c1ccc(Cl)c(C(=O)NCC2CCCCC2)c1. The second-order valence-corrected chi connectivity index (χ2v) is 10.4. The number of rotatable bonds is 8. The van der Waals surface area contributed by atoms with Gasteiger partial charge in [0.05, 0.1) is 27.7 Å². The first kappa shape index (κ1) is 23.6. The molecule has 0 aliphatic heterocycles. The van der Waals surface area contributed by atoms with Crippen LogP contribution in [0.5, 0.6) is 0 Å². The number of hydrogen-bond donors (Lipinski definition) is 1. The highest BCUT2D eigenvalue weighted by Gasteiger charge is 2.26. The zero-order valence-electron chi connectivity index (χ0n) is 17.2. The van der Waals surface area contributed by atoms with E-state index in [4.69, 9.17) is 23.2 Å². The number of amides is 1. The zero-order valence-corrected chi connectivity index (χ0v) is 19.5. The van der Waals surface area contributed by atoms with E-state index in [0.29, 0.717) is 23.2 Å². The van der Waals surface area contributed by atoms with Crippen LogP contribution in [0.1, 0.15) is 42.5 Å². The molecule has 1 aliphatic rings. The Labute approximate surface area is 194 Å². The van der Waals surface area contributed by atoms with Gasteiger partial charge in [0, 0.05) is 11.6 Å². The highest BCUT2D eigenvalue weighted by Crippen LogP contribution is 2.28. The fraction of sp³-hybridized carbons (Fsp3) is 0.348. The van der Waals surface area contributed by atoms with Crippen LogP contribution >= 0.6 is 23.2 Å². The lowest BCUT2D eigenvalue weighted by Gasteiger charge is -2.24. The normalized spacial score (nSPS) is 14.8. The van der Waals surface area contributed by atoms with Crippen LogP contribution in [0, 0.1) is 5.92 Å². The van der Waals surface area contributed by atoms with Crippen LogP contribution in [0.3, 0.4) is 0 Å². The third kappa shape index (κ3) is 5.82. The van der Waals surface area contributed by atoms with Crippen molar-refractivity contribution in [1.29, 1.82) is 0 Å². The fourth-order valence-corrected chi connectivity index (χ4v) is 5.55. The molecule has 0 unspecified atom stereocenters. The third-order valence-electron chi connectivity index (χ3n) is 5.46. The first-order chi connectivity index (χ1) is 14.8. The van der Waals surface area contributed by atoms with Crippen LogP contribution in [-0.4, -0.2) is 27.4 Å². The molecule has 166 valence electrons. The van der Waals surface area contributed by atoms with E-state index in [2.05, 4.69) is 11.9 Å². The molecule has 0 aromatic heterocycles. The van der Waals surface area contributed by atoms with E-state index in [0.717, 1.165) is 12.8 Å². The summed E-state index contributed by atoms with van der Waals surface area (Å²) in [6, 6.07) is 10.7. The number of nitrogens with one attached hydrogen (secondary N) is 1. The largest absolute Gasteiger partial charge is 0.352 e. The monoisotopic (exact) mass is 480 g/mol. The highest BCUT2D eigenvalue weighted by atomic mass is 35.5. The van der Waals surface area contributed by atoms with Gasteiger partial charge < -0.3 is 5.32 Å². The van der Waals surface area contributed by atoms with Crippen LogP contribution in [0.4, 0.5) is 5.69 Å². The molecule has 1 aliphatic carbocycles. The van der Waals surface area contributed by atoms with Crippen molar-refractivity contribution < 1.29 is 13.2 Å². The van der Waals surface area contributed by atoms with Crippen LogP contribution in [-0.2, 0) is 10.0 Å². The number of nitrogens with zero attached hydrogens (tertiary/aromatic N) is 1. The standard InChI is InChI=1S/C23H26Cl2N2O3S/c1-2-14-27(19-10-8-18(24)9-11-19)31(29,30)20-12-13-22(25)21(15-20)23(28)26-16-17-6-4-3-5-7-17/h2,8-13,15,17H,1,3-7,14,16H2,(H,26,28). The molecule has 0 radical (unpaired) electrons. The van der Waals surface area contributed by atoms with Gasteiger partial charge in [-0.05, 0) is 61.2 Å². The van der Waals surface area contributed by atoms with Crippen LogP contribution in [0.2, 0.25) is 10.0 Å². The van der Waals surface area contributed by atoms with Crippen molar-refractivity contribution in [1.82, 2.24) is 5.32 Å². The predicted octanol–water partition coefficient (Wildman–Crippen LogP) is 5.68. The van der Waals surface area contributed by atoms with Gasteiger partial charge >= 0.3 is 0 Å². The summed E-state index contributed by atoms with van der Waals surface area (Å²) < 4.78 is 28.0. The molecule has 0 atom stereocenters. The summed E-state index contributed by atoms with van der Waals surface area (Å²) in [5.74, 6) is 0.0887. The summed E-state index contributed by atoms with van der Waals surface area (Å²) in [6.07, 6.45) is 7.29. The molecule has 2 aromatic carbocycles. The van der Waals surface area contributed by atoms with Gasteiger partial charge in [-0.25, -0.2) is 8.42 Å². The molecule has 5 nitrogen and oxygen atoms in total. The van der Waals surface area contributed by atoms with Crippen molar-refractivity contribution >= 4 is 44.8 Å². The van der Waals surface area contributed by atoms with Crippen LogP contribution in [0.25, 0.3) is 0 Å². The summed E-state index contributed by atoms with van der Waals surface area (Å²) >= 11 is 12.2. The summed E-state index contributed by atoms with van der Waals surface area (Å²) in [5.41, 5.74) is 0.593. The van der Waals surface area contributed by atoms with E-state index in [9.17, 15) is 13.2 Å². The Kier molecular flexibility index (Phi) is 8.03. The molecule has 1 amide bonds. The fourth-order valence-electron chi connectivity index (χ4n) is 3.76. The van der Waals surface area contributed by atoms with E-state index >= 15 is 0 Å². The minimum Gasteiger partial charge on any atom is -0.352 e. The molecule has 8 heteroatoms. The quantitative estimate of drug-likeness (QED) is 0.493. The number of halogens is 2. The van der Waals surface area contributed by atoms with Crippen LogP contribution < -0.4 is 9.62 Å². The second kappa shape index (κ2) is 10.5. The first-order valence-electron chi connectivity index (χ1n) is 10.3. The number of anilines is 1. The van der Waals surface area contributed by atoms with E-state index in [1.807, 2.05) is 0 Å². The molecule has 3 rings (SSSR count). The van der Waals surface area contributed by atoms with E-state index in [-0.39, 0.29) is 27.9 Å². The minimum absolute atomic E-state index is 0.0171. The molecule has 0 heterocycles. The van der Waals surface area contributed by atoms with Gasteiger partial charge in [0.15, 0.2) is 0 Å². The Bertz CT molecular complexity index is 1030. The Morgan fingerprint density at radius 1 is 1.10 bits per heavy atom. The molecule has 1 saturated carbocycles. The smallest absolute Gasteiger partial charge is 0.264 e. The minimum atomic E-state index is -3.96. The summed E-state index contributed by atoms with van der Waals surface area (Å²) in [6.45, 7) is 4.30. The summed E-state index contributed by atoms with van der Waals surface area (Å²) in [5, 5.41) is 3.63. The topological polar surface area (TPSA) is 66.5 Å². The maximum Gasteiger partial charge on any atom is 0.264 e. The lowest BCUT2D eigenvalue weighted by Crippen LogP contribution is -2.32. The molecule has 1 fully saturated rings. The summed E-state index contributed by atoms with van der Waals surface area (Å²) in [4.78, 5) is 12.7. The maximum absolute atomic E-state index is 13.4. The summed E-state index contributed by atoms with van der Waals surface area (Å²) in [7, 11) is -3.96. The Balaban J connectivity index is 1.86. The molecule has 2 aromatic rings. The van der Waals surface area contributed by atoms with Gasteiger partial charge in [-0.3, -0.25) is 9.10 Å². The molecule has 0 spiro atoms. The number of hydrogen-bond acceptors (Lipinski definition) is 3. The highest BCUT2D eigenvalue weighted by molar-refractivity contribution is 7.92. The number of benzene rings is 2. The lowest BCUT2D eigenvalue weighted by atomic mass is 9.89.